The van der Waals surface area contributed by atoms with Crippen molar-refractivity contribution in [2.45, 2.75) is 51.6 Å². The highest BCUT2D eigenvalue weighted by atomic mass is 16.5. The molecule has 0 radical (unpaired) electrons. The van der Waals surface area contributed by atoms with Crippen molar-refractivity contribution in [3.63, 3.8) is 0 Å². The van der Waals surface area contributed by atoms with Gasteiger partial charge in [0, 0.05) is 6.92 Å². The van der Waals surface area contributed by atoms with Gasteiger partial charge in [-0.05, 0) is 38.5 Å². The highest BCUT2D eigenvalue weighted by Crippen LogP contribution is 2.25. The third kappa shape index (κ3) is 6.00. The molecule has 18 heavy (non-hydrogen) atoms. The molecule has 0 saturated heterocycles. The van der Waals surface area contributed by atoms with Gasteiger partial charge in [0.2, 0.25) is 0 Å². The van der Waals surface area contributed by atoms with Crippen LogP contribution in [0.2, 0.25) is 0 Å². The Labute approximate surface area is 107 Å². The normalized spacial score (nSPS) is 23.4. The Hall–Kier alpha value is -1.10. The molecule has 1 fully saturated rings. The summed E-state index contributed by atoms with van der Waals surface area (Å²) in [4.78, 5) is 22.1. The number of aliphatic hydroxyl groups is 1. The number of unbranched alkanes of at least 4 members (excludes halogenated alkanes) is 1. The van der Waals surface area contributed by atoms with E-state index in [1.807, 2.05) is 0 Å². The third-order valence-corrected chi connectivity index (χ3v) is 3.12. The Balaban J connectivity index is 2.01. The lowest BCUT2D eigenvalue weighted by Gasteiger charge is -2.23. The van der Waals surface area contributed by atoms with Gasteiger partial charge in [0.1, 0.15) is 0 Å². The SMILES string of the molecule is CC(=O)OCCCCOC(=O)C1CCC(O)CC1. The second-order valence-corrected chi connectivity index (χ2v) is 4.72. The highest BCUT2D eigenvalue weighted by molar-refractivity contribution is 5.72. The van der Waals surface area contributed by atoms with Crippen LogP contribution in [0.4, 0.5) is 0 Å². The molecule has 1 aliphatic carbocycles. The zero-order valence-corrected chi connectivity index (χ0v) is 10.9. The van der Waals surface area contributed by atoms with Crippen molar-refractivity contribution in [1.29, 1.82) is 0 Å². The zero-order chi connectivity index (χ0) is 13.4. The predicted molar refractivity (Wildman–Crippen MR) is 64.8 cm³/mol. The number of hydrogen-bond donors (Lipinski definition) is 1. The van der Waals surface area contributed by atoms with Crippen molar-refractivity contribution in [2.24, 2.45) is 5.92 Å². The van der Waals surface area contributed by atoms with E-state index in [2.05, 4.69) is 0 Å². The van der Waals surface area contributed by atoms with Gasteiger partial charge in [-0.25, -0.2) is 0 Å². The van der Waals surface area contributed by atoms with E-state index in [0.29, 0.717) is 51.7 Å². The molecule has 5 heteroatoms. The van der Waals surface area contributed by atoms with Crippen LogP contribution in [0.1, 0.15) is 45.4 Å². The van der Waals surface area contributed by atoms with Gasteiger partial charge in [-0.1, -0.05) is 0 Å². The first-order valence-electron chi connectivity index (χ1n) is 6.57. The van der Waals surface area contributed by atoms with Crippen LogP contribution in [0.25, 0.3) is 0 Å². The van der Waals surface area contributed by atoms with Crippen LogP contribution in [0.5, 0.6) is 0 Å². The maximum absolute atomic E-state index is 11.7. The maximum atomic E-state index is 11.7. The molecule has 0 aromatic rings. The van der Waals surface area contributed by atoms with E-state index in [-0.39, 0.29) is 24.0 Å². The van der Waals surface area contributed by atoms with Crippen molar-refractivity contribution in [2.75, 3.05) is 13.2 Å². The third-order valence-electron chi connectivity index (χ3n) is 3.12. The fraction of sp³-hybridized carbons (Fsp3) is 0.846. The second-order valence-electron chi connectivity index (χ2n) is 4.72. The average molecular weight is 258 g/mol. The summed E-state index contributed by atoms with van der Waals surface area (Å²) in [6, 6.07) is 0. The van der Waals surface area contributed by atoms with E-state index >= 15 is 0 Å². The van der Waals surface area contributed by atoms with E-state index in [1.165, 1.54) is 6.92 Å². The molecule has 0 amide bonds. The minimum atomic E-state index is -0.284. The first kappa shape index (κ1) is 15.0. The number of aliphatic hydroxyl groups excluding tert-OH is 1. The Kier molecular flexibility index (Phi) is 6.72. The summed E-state index contributed by atoms with van der Waals surface area (Å²) in [7, 11) is 0. The fourth-order valence-corrected chi connectivity index (χ4v) is 2.02. The van der Waals surface area contributed by atoms with Crippen LogP contribution in [0.15, 0.2) is 0 Å². The maximum Gasteiger partial charge on any atom is 0.308 e. The first-order chi connectivity index (χ1) is 8.59. The molecule has 0 unspecified atom stereocenters. The van der Waals surface area contributed by atoms with Crippen LogP contribution in [0.3, 0.4) is 0 Å². The number of carbonyl (C=O) groups is 2. The minimum absolute atomic E-state index is 0.0538. The molecule has 0 aliphatic heterocycles. The minimum Gasteiger partial charge on any atom is -0.466 e. The number of rotatable bonds is 6. The van der Waals surface area contributed by atoms with Crippen LogP contribution >= 0.6 is 0 Å². The second kappa shape index (κ2) is 8.08. The molecule has 0 aromatic carbocycles. The van der Waals surface area contributed by atoms with Gasteiger partial charge in [0.05, 0.1) is 25.2 Å². The summed E-state index contributed by atoms with van der Waals surface area (Å²) in [5.41, 5.74) is 0. The molecule has 0 heterocycles. The topological polar surface area (TPSA) is 72.8 Å². The molecule has 0 aromatic heterocycles. The summed E-state index contributed by atoms with van der Waals surface area (Å²) >= 11 is 0. The van der Waals surface area contributed by atoms with Crippen LogP contribution < -0.4 is 0 Å². The summed E-state index contributed by atoms with van der Waals surface area (Å²) in [5.74, 6) is -0.496. The van der Waals surface area contributed by atoms with Gasteiger partial charge in [-0.15, -0.1) is 0 Å². The number of carbonyl (C=O) groups excluding carboxylic acids is 2. The van der Waals surface area contributed by atoms with Gasteiger partial charge in [-0.3, -0.25) is 9.59 Å². The van der Waals surface area contributed by atoms with Gasteiger partial charge < -0.3 is 14.6 Å². The predicted octanol–water partition coefficient (Wildman–Crippen LogP) is 1.42. The van der Waals surface area contributed by atoms with Gasteiger partial charge in [0.15, 0.2) is 0 Å². The lowest BCUT2D eigenvalue weighted by molar-refractivity contribution is -0.151. The molecular formula is C13H22O5. The zero-order valence-electron chi connectivity index (χ0n) is 10.9. The van der Waals surface area contributed by atoms with E-state index in [4.69, 9.17) is 9.47 Å². The van der Waals surface area contributed by atoms with Crippen molar-refractivity contribution < 1.29 is 24.2 Å². The number of hydrogen-bond acceptors (Lipinski definition) is 5. The van der Waals surface area contributed by atoms with Crippen LogP contribution in [0, 0.1) is 5.92 Å². The molecule has 0 spiro atoms. The quantitative estimate of drug-likeness (QED) is 0.576. The summed E-state index contributed by atoms with van der Waals surface area (Å²) in [6.07, 6.45) is 3.96. The molecule has 0 bridgehead atoms. The molecule has 1 N–H and O–H groups in total. The molecule has 1 aliphatic rings. The van der Waals surface area contributed by atoms with Gasteiger partial charge in [-0.2, -0.15) is 0 Å². The first-order valence-corrected chi connectivity index (χ1v) is 6.57. The summed E-state index contributed by atoms with van der Waals surface area (Å²) < 4.78 is 9.93. The molecule has 1 saturated carbocycles. The molecule has 104 valence electrons. The monoisotopic (exact) mass is 258 g/mol. The van der Waals surface area contributed by atoms with Crippen molar-refractivity contribution >= 4 is 11.9 Å². The van der Waals surface area contributed by atoms with Crippen LogP contribution in [-0.4, -0.2) is 36.4 Å². The number of esters is 2. The smallest absolute Gasteiger partial charge is 0.308 e. The largest absolute Gasteiger partial charge is 0.466 e. The van der Waals surface area contributed by atoms with Crippen molar-refractivity contribution in [3.05, 3.63) is 0 Å². The van der Waals surface area contributed by atoms with Crippen molar-refractivity contribution in [3.8, 4) is 0 Å². The van der Waals surface area contributed by atoms with E-state index in [0.717, 1.165) is 0 Å². The summed E-state index contributed by atoms with van der Waals surface area (Å²) in [5, 5.41) is 9.33. The Morgan fingerprint density at radius 1 is 1.06 bits per heavy atom. The molecular weight excluding hydrogens is 236 g/mol. The van der Waals surface area contributed by atoms with Gasteiger partial charge in [0.25, 0.3) is 0 Å². The van der Waals surface area contributed by atoms with E-state index < -0.39 is 0 Å². The average Bonchev–Trinajstić information content (AvgIpc) is 2.34. The molecule has 1 rings (SSSR count). The van der Waals surface area contributed by atoms with Crippen LogP contribution in [-0.2, 0) is 19.1 Å². The highest BCUT2D eigenvalue weighted by Gasteiger charge is 2.26. The lowest BCUT2D eigenvalue weighted by atomic mass is 9.87. The molecule has 0 atom stereocenters. The summed E-state index contributed by atoms with van der Waals surface area (Å²) in [6.45, 7) is 2.12. The van der Waals surface area contributed by atoms with Gasteiger partial charge >= 0.3 is 11.9 Å². The Morgan fingerprint density at radius 2 is 1.61 bits per heavy atom. The van der Waals surface area contributed by atoms with Crippen molar-refractivity contribution in [1.82, 2.24) is 0 Å². The standard InChI is InChI=1S/C13H22O5/c1-10(14)17-8-2-3-9-18-13(16)11-4-6-12(15)7-5-11/h11-12,15H,2-9H2,1H3. The lowest BCUT2D eigenvalue weighted by Crippen LogP contribution is -2.26. The number of ether oxygens (including phenoxy) is 2. The van der Waals surface area contributed by atoms with E-state index in [1.54, 1.807) is 0 Å². The fourth-order valence-electron chi connectivity index (χ4n) is 2.02. The van der Waals surface area contributed by atoms with E-state index in [9.17, 15) is 14.7 Å². The Morgan fingerprint density at radius 3 is 2.17 bits per heavy atom. The molecule has 5 nitrogen and oxygen atoms in total. The Bertz CT molecular complexity index is 269.